The summed E-state index contributed by atoms with van der Waals surface area (Å²) in [7, 11) is 0. The van der Waals surface area contributed by atoms with Crippen LogP contribution in [-0.4, -0.2) is 95.8 Å². The zero-order valence-corrected chi connectivity index (χ0v) is 19.7. The summed E-state index contributed by atoms with van der Waals surface area (Å²) in [6.45, 7) is 3.34. The van der Waals surface area contributed by atoms with Crippen molar-refractivity contribution in [1.29, 1.82) is 0 Å². The summed E-state index contributed by atoms with van der Waals surface area (Å²) in [5.41, 5.74) is 1.61. The van der Waals surface area contributed by atoms with Crippen molar-refractivity contribution in [1.82, 2.24) is 10.6 Å². The molecule has 0 spiro atoms. The van der Waals surface area contributed by atoms with Crippen LogP contribution in [0.5, 0.6) is 0 Å². The van der Waals surface area contributed by atoms with E-state index in [1.807, 2.05) is 0 Å². The molecule has 1 aromatic rings. The number of amides is 3. The molecular formula is C21H32ClN3O8. The van der Waals surface area contributed by atoms with E-state index < -0.39 is 36.5 Å². The van der Waals surface area contributed by atoms with E-state index in [2.05, 4.69) is 16.0 Å². The largest absolute Gasteiger partial charge is 0.395 e. The zero-order valence-electron chi connectivity index (χ0n) is 18.9. The first-order valence-corrected chi connectivity index (χ1v) is 10.9. The minimum atomic E-state index is -1.44. The predicted molar refractivity (Wildman–Crippen MR) is 122 cm³/mol. The molecule has 11 nitrogen and oxygen atoms in total. The minimum Gasteiger partial charge on any atom is -0.395 e. The van der Waals surface area contributed by atoms with Gasteiger partial charge in [-0.05, 0) is 37.5 Å². The van der Waals surface area contributed by atoms with Gasteiger partial charge in [-0.2, -0.15) is 0 Å². The summed E-state index contributed by atoms with van der Waals surface area (Å²) in [6.07, 6.45) is -2.84. The average molecular weight is 490 g/mol. The Hall–Kier alpha value is -2.28. The number of anilines is 1. The van der Waals surface area contributed by atoms with Gasteiger partial charge in [0.05, 0.1) is 25.9 Å². The predicted octanol–water partition coefficient (Wildman–Crippen LogP) is -1.03. The van der Waals surface area contributed by atoms with Crippen LogP contribution in [0.2, 0.25) is 0 Å². The Morgan fingerprint density at radius 2 is 1.52 bits per heavy atom. The fourth-order valence-electron chi connectivity index (χ4n) is 3.28. The molecule has 0 aliphatic rings. The summed E-state index contributed by atoms with van der Waals surface area (Å²) in [5.74, 6) is -1.49. The van der Waals surface area contributed by atoms with Gasteiger partial charge < -0.3 is 41.1 Å². The maximum Gasteiger partial charge on any atom is 0.252 e. The topological polar surface area (TPSA) is 177 Å². The van der Waals surface area contributed by atoms with Crippen LogP contribution < -0.4 is 16.0 Å². The molecule has 0 saturated heterocycles. The Morgan fingerprint density at radius 1 is 0.939 bits per heavy atom. The van der Waals surface area contributed by atoms with Crippen LogP contribution in [0.25, 0.3) is 0 Å². The van der Waals surface area contributed by atoms with Gasteiger partial charge in [0.15, 0.2) is 0 Å². The fraction of sp³-hybridized carbons (Fsp3) is 0.571. The zero-order chi connectivity index (χ0) is 25.1. The number of aliphatic hydroxyl groups excluding tert-OH is 4. The van der Waals surface area contributed by atoms with Crippen LogP contribution in [0.4, 0.5) is 5.69 Å². The van der Waals surface area contributed by atoms with Crippen LogP contribution in [0.15, 0.2) is 0 Å². The monoisotopic (exact) mass is 489 g/mol. The lowest BCUT2D eigenvalue weighted by Crippen LogP contribution is -2.41. The molecule has 0 aromatic heterocycles. The number of nitrogens with one attached hydrogen (secondary N) is 3. The number of halogens is 1. The van der Waals surface area contributed by atoms with Gasteiger partial charge in [0.25, 0.3) is 11.8 Å². The Kier molecular flexibility index (Phi) is 12.3. The van der Waals surface area contributed by atoms with Gasteiger partial charge in [-0.1, -0.05) is 0 Å². The summed E-state index contributed by atoms with van der Waals surface area (Å²) >= 11 is 5.54. The Morgan fingerprint density at radius 3 is 2.03 bits per heavy atom. The third kappa shape index (κ3) is 7.91. The van der Waals surface area contributed by atoms with Crippen LogP contribution in [0.3, 0.4) is 0 Å². The van der Waals surface area contributed by atoms with E-state index in [1.165, 1.54) is 0 Å². The van der Waals surface area contributed by atoms with Crippen LogP contribution in [0.1, 0.15) is 37.4 Å². The van der Waals surface area contributed by atoms with Crippen molar-refractivity contribution in [2.45, 2.75) is 33.0 Å². The van der Waals surface area contributed by atoms with Gasteiger partial charge in [0.2, 0.25) is 5.91 Å². The molecule has 0 fully saturated rings. The van der Waals surface area contributed by atoms with Gasteiger partial charge in [-0.25, -0.2) is 0 Å². The summed E-state index contributed by atoms with van der Waals surface area (Å²) in [4.78, 5) is 38.1. The summed E-state index contributed by atoms with van der Waals surface area (Å²) in [6, 6.07) is 0. The molecule has 0 bridgehead atoms. The van der Waals surface area contributed by atoms with E-state index in [0.717, 1.165) is 0 Å². The molecule has 0 radical (unpaired) electrons. The number of carbonyl (C=O) groups excluding carboxylic acids is 3. The molecule has 0 aliphatic carbocycles. The molecular weight excluding hydrogens is 458 g/mol. The number of hydrogen-bond acceptors (Lipinski definition) is 8. The van der Waals surface area contributed by atoms with Crippen molar-refractivity contribution >= 4 is 35.0 Å². The average Bonchev–Trinajstić information content (AvgIpc) is 2.78. The number of benzene rings is 1. The van der Waals surface area contributed by atoms with E-state index in [1.54, 1.807) is 20.8 Å². The third-order valence-electron chi connectivity index (χ3n) is 4.92. The Labute approximate surface area is 197 Å². The number of aliphatic hydroxyl groups is 4. The highest BCUT2D eigenvalue weighted by Crippen LogP contribution is 2.31. The third-order valence-corrected chi connectivity index (χ3v) is 5.08. The summed E-state index contributed by atoms with van der Waals surface area (Å²) < 4.78 is 5.12. The second kappa shape index (κ2) is 14.1. The second-order valence-electron chi connectivity index (χ2n) is 7.30. The highest BCUT2D eigenvalue weighted by molar-refractivity contribution is 6.18. The molecule has 3 amide bonds. The van der Waals surface area contributed by atoms with Crippen molar-refractivity contribution in [3.05, 3.63) is 27.8 Å². The van der Waals surface area contributed by atoms with E-state index in [-0.39, 0.29) is 55.6 Å². The van der Waals surface area contributed by atoms with Crippen molar-refractivity contribution in [3.63, 3.8) is 0 Å². The molecule has 7 N–H and O–H groups in total. The molecule has 33 heavy (non-hydrogen) atoms. The van der Waals surface area contributed by atoms with Crippen LogP contribution in [-0.2, 0) is 9.53 Å². The Balaban J connectivity index is 3.39. The van der Waals surface area contributed by atoms with Gasteiger partial charge in [0, 0.05) is 35.8 Å². The van der Waals surface area contributed by atoms with Crippen molar-refractivity contribution in [3.8, 4) is 0 Å². The molecule has 0 saturated carbocycles. The molecule has 2 atom stereocenters. The number of alkyl halides is 1. The van der Waals surface area contributed by atoms with Gasteiger partial charge in [-0.3, -0.25) is 14.4 Å². The fourth-order valence-corrected chi connectivity index (χ4v) is 3.39. The molecule has 0 aliphatic heterocycles. The van der Waals surface area contributed by atoms with E-state index in [0.29, 0.717) is 16.7 Å². The maximum atomic E-state index is 13.0. The van der Waals surface area contributed by atoms with Gasteiger partial charge in [0.1, 0.15) is 12.7 Å². The highest BCUT2D eigenvalue weighted by Gasteiger charge is 2.26. The molecule has 2 unspecified atom stereocenters. The molecule has 0 heterocycles. The van der Waals surface area contributed by atoms with Crippen molar-refractivity contribution in [2.75, 3.05) is 50.7 Å². The van der Waals surface area contributed by atoms with Gasteiger partial charge in [-0.15, -0.1) is 11.6 Å². The van der Waals surface area contributed by atoms with Crippen LogP contribution in [0, 0.1) is 20.8 Å². The normalized spacial score (nSPS) is 12.7. The Bertz CT molecular complexity index is 850. The van der Waals surface area contributed by atoms with Crippen molar-refractivity contribution in [2.24, 2.45) is 0 Å². The van der Waals surface area contributed by atoms with Crippen molar-refractivity contribution < 1.29 is 39.5 Å². The van der Waals surface area contributed by atoms with E-state index >= 15 is 0 Å². The first-order valence-electron chi connectivity index (χ1n) is 10.3. The lowest BCUT2D eigenvalue weighted by molar-refractivity contribution is -0.120. The van der Waals surface area contributed by atoms with Gasteiger partial charge >= 0.3 is 0 Å². The molecule has 1 rings (SSSR count). The minimum absolute atomic E-state index is 0.00762. The standard InChI is InChI=1S/C21H32ClN3O8/c1-11-17(20(31)23-5-6-26)12(2)19(25-16(30)10-33-7-4-22)13(3)18(11)21(32)24-8-14(28)15(29)9-27/h14-15,26-29H,4-10H2,1-3H3,(H,23,31)(H,24,32)(H,25,30). The molecule has 186 valence electrons. The van der Waals surface area contributed by atoms with Crippen LogP contribution >= 0.6 is 11.6 Å². The second-order valence-corrected chi connectivity index (χ2v) is 7.67. The summed E-state index contributed by atoms with van der Waals surface area (Å²) in [5, 5.41) is 44.9. The first kappa shape index (κ1) is 28.8. The lowest BCUT2D eigenvalue weighted by atomic mass is 9.90. The maximum absolute atomic E-state index is 13.0. The smallest absolute Gasteiger partial charge is 0.252 e. The molecule has 1 aromatic carbocycles. The molecule has 12 heteroatoms. The highest BCUT2D eigenvalue weighted by atomic mass is 35.5. The SMILES string of the molecule is Cc1c(NC(=O)COCCCl)c(C)c(C(=O)NCC(O)C(O)CO)c(C)c1C(=O)NCCO. The quantitative estimate of drug-likeness (QED) is 0.136. The van der Waals surface area contributed by atoms with E-state index in [9.17, 15) is 24.6 Å². The number of carbonyl (C=O) groups is 3. The van der Waals surface area contributed by atoms with E-state index in [4.69, 9.17) is 26.6 Å². The number of hydrogen-bond donors (Lipinski definition) is 7. The number of rotatable bonds is 13. The first-order chi connectivity index (χ1) is 15.6. The lowest BCUT2D eigenvalue weighted by Gasteiger charge is -2.23. The number of ether oxygens (including phenoxy) is 1.